The Labute approximate surface area is 117 Å². The number of nitrogens with one attached hydrogen (secondary N) is 1. The second kappa shape index (κ2) is 5.38. The molecule has 0 unspecified atom stereocenters. The van der Waals surface area contributed by atoms with E-state index in [9.17, 15) is 9.18 Å². The van der Waals surface area contributed by atoms with Crippen molar-refractivity contribution in [2.75, 3.05) is 11.1 Å². The Morgan fingerprint density at radius 2 is 1.84 bits per heavy atom. The molecule has 0 aliphatic carbocycles. The van der Waals surface area contributed by atoms with Gasteiger partial charge in [0.15, 0.2) is 0 Å². The summed E-state index contributed by atoms with van der Waals surface area (Å²) in [6.45, 7) is 0. The van der Waals surface area contributed by atoms with Gasteiger partial charge < -0.3 is 11.1 Å². The molecular weight excluding hydrogens is 294 g/mol. The number of hydrogen-bond acceptors (Lipinski definition) is 4. The van der Waals surface area contributed by atoms with E-state index in [1.54, 1.807) is 0 Å². The van der Waals surface area contributed by atoms with Crippen molar-refractivity contribution in [1.82, 2.24) is 9.97 Å². The molecule has 0 aliphatic rings. The van der Waals surface area contributed by atoms with Gasteiger partial charge in [-0.15, -0.1) is 0 Å². The van der Waals surface area contributed by atoms with Crippen molar-refractivity contribution < 1.29 is 9.18 Å². The highest BCUT2D eigenvalue weighted by atomic mass is 35.5. The van der Waals surface area contributed by atoms with Crippen LogP contribution < -0.4 is 11.1 Å². The smallest absolute Gasteiger partial charge is 0.275 e. The van der Waals surface area contributed by atoms with E-state index < -0.39 is 11.7 Å². The highest BCUT2D eigenvalue weighted by Crippen LogP contribution is 2.31. The van der Waals surface area contributed by atoms with Crippen LogP contribution in [0.3, 0.4) is 0 Å². The van der Waals surface area contributed by atoms with Crippen molar-refractivity contribution >= 4 is 40.6 Å². The Morgan fingerprint density at radius 1 is 1.21 bits per heavy atom. The van der Waals surface area contributed by atoms with Crippen LogP contribution in [0, 0.1) is 5.82 Å². The Morgan fingerprint density at radius 3 is 2.37 bits per heavy atom. The Hall–Kier alpha value is -1.92. The van der Waals surface area contributed by atoms with Gasteiger partial charge in [-0.05, 0) is 12.1 Å². The van der Waals surface area contributed by atoms with E-state index in [-0.39, 0.29) is 27.2 Å². The van der Waals surface area contributed by atoms with Crippen molar-refractivity contribution in [1.29, 1.82) is 0 Å². The number of nitrogen functional groups attached to an aromatic ring is 1. The SMILES string of the molecule is Nc1cnc(C(=O)Nc2c(Cl)cc(F)cc2Cl)cn1. The minimum absolute atomic E-state index is 0.0123. The molecule has 0 bridgehead atoms. The summed E-state index contributed by atoms with van der Waals surface area (Å²) in [4.78, 5) is 19.4. The number of hydrogen-bond donors (Lipinski definition) is 2. The zero-order valence-corrected chi connectivity index (χ0v) is 10.8. The summed E-state index contributed by atoms with van der Waals surface area (Å²) in [5.74, 6) is -0.988. The molecule has 1 heterocycles. The van der Waals surface area contributed by atoms with Gasteiger partial charge in [-0.2, -0.15) is 0 Å². The topological polar surface area (TPSA) is 80.9 Å². The quantitative estimate of drug-likeness (QED) is 0.893. The summed E-state index contributed by atoms with van der Waals surface area (Å²) < 4.78 is 13.0. The van der Waals surface area contributed by atoms with Crippen LogP contribution in [0.4, 0.5) is 15.9 Å². The lowest BCUT2D eigenvalue weighted by atomic mass is 10.3. The first-order valence-corrected chi connectivity index (χ1v) is 5.76. The maximum absolute atomic E-state index is 13.0. The lowest BCUT2D eigenvalue weighted by molar-refractivity contribution is 0.102. The number of halogens is 3. The summed E-state index contributed by atoms with van der Waals surface area (Å²) in [7, 11) is 0. The molecule has 1 aromatic carbocycles. The first-order valence-electron chi connectivity index (χ1n) is 5.01. The number of anilines is 2. The molecule has 0 atom stereocenters. The van der Waals surface area contributed by atoms with Gasteiger partial charge in [0.05, 0.1) is 28.1 Å². The predicted molar refractivity (Wildman–Crippen MR) is 70.8 cm³/mol. The predicted octanol–water partition coefficient (Wildman–Crippen LogP) is 2.76. The van der Waals surface area contributed by atoms with Gasteiger partial charge in [-0.25, -0.2) is 14.4 Å². The van der Waals surface area contributed by atoms with Crippen LogP contribution in [0.5, 0.6) is 0 Å². The minimum Gasteiger partial charge on any atom is -0.382 e. The van der Waals surface area contributed by atoms with Crippen molar-refractivity contribution in [2.24, 2.45) is 0 Å². The molecular formula is C11H7Cl2FN4O. The van der Waals surface area contributed by atoms with Crippen molar-refractivity contribution in [3.05, 3.63) is 46.1 Å². The number of amides is 1. The molecule has 19 heavy (non-hydrogen) atoms. The molecule has 0 spiro atoms. The van der Waals surface area contributed by atoms with Crippen LogP contribution in [0.25, 0.3) is 0 Å². The van der Waals surface area contributed by atoms with Gasteiger partial charge in [-0.1, -0.05) is 23.2 Å². The summed E-state index contributed by atoms with van der Waals surface area (Å²) in [6.07, 6.45) is 2.44. The summed E-state index contributed by atoms with van der Waals surface area (Å²) >= 11 is 11.6. The lowest BCUT2D eigenvalue weighted by Gasteiger charge is -2.08. The number of rotatable bonds is 2. The van der Waals surface area contributed by atoms with Crippen LogP contribution in [-0.4, -0.2) is 15.9 Å². The summed E-state index contributed by atoms with van der Waals surface area (Å²) in [5, 5.41) is 2.40. The lowest BCUT2D eigenvalue weighted by Crippen LogP contribution is -2.15. The molecule has 98 valence electrons. The Kier molecular flexibility index (Phi) is 3.82. The third-order valence-corrected chi connectivity index (χ3v) is 2.75. The van der Waals surface area contributed by atoms with Crippen LogP contribution >= 0.6 is 23.2 Å². The number of carbonyl (C=O) groups excluding carboxylic acids is 1. The van der Waals surface area contributed by atoms with Gasteiger partial charge in [0, 0.05) is 0 Å². The fourth-order valence-corrected chi connectivity index (χ4v) is 1.85. The van der Waals surface area contributed by atoms with Crippen LogP contribution in [0.15, 0.2) is 24.5 Å². The van der Waals surface area contributed by atoms with Crippen LogP contribution in [0.1, 0.15) is 10.5 Å². The maximum Gasteiger partial charge on any atom is 0.275 e. The van der Waals surface area contributed by atoms with Crippen molar-refractivity contribution in [2.45, 2.75) is 0 Å². The second-order valence-corrected chi connectivity index (χ2v) is 4.34. The molecule has 3 N–H and O–H groups in total. The second-order valence-electron chi connectivity index (χ2n) is 3.53. The van der Waals surface area contributed by atoms with E-state index in [2.05, 4.69) is 15.3 Å². The molecule has 0 radical (unpaired) electrons. The monoisotopic (exact) mass is 300 g/mol. The zero-order chi connectivity index (χ0) is 14.0. The number of nitrogens with two attached hydrogens (primary N) is 1. The molecule has 8 heteroatoms. The zero-order valence-electron chi connectivity index (χ0n) is 9.32. The van der Waals surface area contributed by atoms with E-state index in [0.717, 1.165) is 12.1 Å². The molecule has 0 saturated carbocycles. The highest BCUT2D eigenvalue weighted by molar-refractivity contribution is 6.40. The fourth-order valence-electron chi connectivity index (χ4n) is 1.29. The Bertz CT molecular complexity index is 610. The normalized spacial score (nSPS) is 10.3. The van der Waals surface area contributed by atoms with Crippen LogP contribution in [-0.2, 0) is 0 Å². The molecule has 1 amide bonds. The minimum atomic E-state index is -0.597. The number of nitrogens with zero attached hydrogens (tertiary/aromatic N) is 2. The molecule has 0 aliphatic heterocycles. The third-order valence-electron chi connectivity index (χ3n) is 2.15. The van der Waals surface area contributed by atoms with E-state index in [0.29, 0.717) is 0 Å². The van der Waals surface area contributed by atoms with Gasteiger partial charge in [0.25, 0.3) is 5.91 Å². The fraction of sp³-hybridized carbons (Fsp3) is 0. The summed E-state index contributed by atoms with van der Waals surface area (Å²) in [5.41, 5.74) is 5.49. The molecule has 2 aromatic rings. The number of benzene rings is 1. The average molecular weight is 301 g/mol. The largest absolute Gasteiger partial charge is 0.382 e. The van der Waals surface area contributed by atoms with Gasteiger partial charge in [0.2, 0.25) is 0 Å². The Balaban J connectivity index is 2.26. The van der Waals surface area contributed by atoms with E-state index in [1.807, 2.05) is 0 Å². The molecule has 1 aromatic heterocycles. The van der Waals surface area contributed by atoms with E-state index in [4.69, 9.17) is 28.9 Å². The van der Waals surface area contributed by atoms with Crippen molar-refractivity contribution in [3.63, 3.8) is 0 Å². The maximum atomic E-state index is 13.0. The average Bonchev–Trinajstić information content (AvgIpc) is 2.34. The summed E-state index contributed by atoms with van der Waals surface area (Å²) in [6, 6.07) is 2.08. The number of aromatic nitrogens is 2. The van der Waals surface area contributed by atoms with Gasteiger partial charge >= 0.3 is 0 Å². The first-order chi connectivity index (χ1) is 8.97. The number of carbonyl (C=O) groups is 1. The van der Waals surface area contributed by atoms with Gasteiger partial charge in [-0.3, -0.25) is 4.79 Å². The molecule has 2 rings (SSSR count). The molecule has 0 fully saturated rings. The molecule has 5 nitrogen and oxygen atoms in total. The first kappa shape index (κ1) is 13.5. The van der Waals surface area contributed by atoms with E-state index in [1.165, 1.54) is 12.4 Å². The van der Waals surface area contributed by atoms with Crippen LogP contribution in [0.2, 0.25) is 10.0 Å². The highest BCUT2D eigenvalue weighted by Gasteiger charge is 2.14. The standard InChI is InChI=1S/C11H7Cl2FN4O/c12-6-1-5(14)2-7(13)10(6)18-11(19)8-3-17-9(15)4-16-8/h1-4H,(H2,15,17)(H,18,19). The van der Waals surface area contributed by atoms with Gasteiger partial charge in [0.1, 0.15) is 17.3 Å². The van der Waals surface area contributed by atoms with Crippen molar-refractivity contribution in [3.8, 4) is 0 Å². The third kappa shape index (κ3) is 3.10. The van der Waals surface area contributed by atoms with E-state index >= 15 is 0 Å². The molecule has 0 saturated heterocycles.